The lowest BCUT2D eigenvalue weighted by Gasteiger charge is -2.40. The van der Waals surface area contributed by atoms with E-state index in [-0.39, 0.29) is 23.7 Å². The van der Waals surface area contributed by atoms with Crippen molar-refractivity contribution in [2.24, 2.45) is 23.7 Å². The lowest BCUT2D eigenvalue weighted by Crippen LogP contribution is -2.56. The second-order valence-electron chi connectivity index (χ2n) is 18.4. The molecule has 16 heteroatoms. The van der Waals surface area contributed by atoms with Gasteiger partial charge in [0.25, 0.3) is 0 Å². The van der Waals surface area contributed by atoms with Crippen molar-refractivity contribution in [2.45, 2.75) is 96.3 Å². The summed E-state index contributed by atoms with van der Waals surface area (Å²) in [6.45, 7) is 10.9. The fourth-order valence-electron chi connectivity index (χ4n) is 10.8. The lowest BCUT2D eigenvalue weighted by molar-refractivity contribution is -0.141. The average Bonchev–Trinajstić information content (AvgIpc) is 4.13. The molecular weight excluding hydrogens is 789 g/mol. The highest BCUT2D eigenvalue weighted by Gasteiger charge is 2.58. The van der Waals surface area contributed by atoms with Crippen LogP contribution in [0.2, 0.25) is 0 Å². The molecule has 0 spiro atoms. The van der Waals surface area contributed by atoms with Gasteiger partial charge in [0.05, 0.1) is 36.6 Å². The number of carbonyl (C=O) groups is 4. The number of nitrogens with one attached hydrogen (secondary N) is 5. The number of alkyl carbamates (subject to hydrolysis) is 2. The van der Waals surface area contributed by atoms with Crippen LogP contribution in [-0.4, -0.2) is 103 Å². The molecule has 2 aromatic carbocycles. The van der Waals surface area contributed by atoms with Crippen LogP contribution in [0.15, 0.2) is 48.8 Å². The number of piperidine rings is 2. The number of nitrogens with zero attached hydrogens (tertiary/aromatic N) is 5. The molecule has 0 radical (unpaired) electrons. The summed E-state index contributed by atoms with van der Waals surface area (Å²) < 4.78 is 9.68. The van der Waals surface area contributed by atoms with Gasteiger partial charge in [-0.05, 0) is 80.8 Å². The largest absolute Gasteiger partial charge is 0.453 e. The van der Waals surface area contributed by atoms with Crippen LogP contribution in [0.4, 0.5) is 9.59 Å². The molecule has 16 nitrogen and oxygen atoms in total. The van der Waals surface area contributed by atoms with Gasteiger partial charge >= 0.3 is 12.2 Å². The molecule has 2 saturated carbocycles. The van der Waals surface area contributed by atoms with Crippen molar-refractivity contribution in [1.82, 2.24) is 50.3 Å². The molecule has 0 unspecified atom stereocenters. The molecule has 2 aliphatic carbocycles. The van der Waals surface area contributed by atoms with Crippen molar-refractivity contribution in [3.8, 4) is 33.6 Å². The Morgan fingerprint density at radius 1 is 0.694 bits per heavy atom. The smallest absolute Gasteiger partial charge is 0.407 e. The molecule has 5 N–H and O–H groups in total. The van der Waals surface area contributed by atoms with Gasteiger partial charge in [-0.3, -0.25) is 9.59 Å². The highest BCUT2D eigenvalue weighted by atomic mass is 16.5. The molecule has 4 bridgehead atoms. The van der Waals surface area contributed by atoms with Gasteiger partial charge < -0.3 is 44.9 Å². The Kier molecular flexibility index (Phi) is 10.4. The predicted octanol–water partition coefficient (Wildman–Crippen LogP) is 6.75. The van der Waals surface area contributed by atoms with Crippen molar-refractivity contribution < 1.29 is 28.7 Å². The summed E-state index contributed by atoms with van der Waals surface area (Å²) in [4.78, 5) is 82.0. The topological polar surface area (TPSA) is 203 Å². The molecule has 9 rings (SSSR count). The Morgan fingerprint density at radius 2 is 1.18 bits per heavy atom. The van der Waals surface area contributed by atoms with E-state index in [0.717, 1.165) is 101 Å². The number of methoxy groups -OCH3 is 2. The first-order valence-electron chi connectivity index (χ1n) is 21.8. The zero-order valence-electron chi connectivity index (χ0n) is 36.4. The van der Waals surface area contributed by atoms with Crippen LogP contribution in [-0.2, 0) is 30.1 Å². The Hall–Kier alpha value is -6.19. The van der Waals surface area contributed by atoms with Crippen LogP contribution in [0, 0.1) is 30.6 Å². The number of H-pyrrole nitrogens is 3. The van der Waals surface area contributed by atoms with Gasteiger partial charge in [-0.1, -0.05) is 58.0 Å². The number of benzene rings is 2. The highest BCUT2D eigenvalue weighted by Crippen LogP contribution is 2.54. The fraction of sp³-hybridized carbons (Fsp3) is 0.500. The molecule has 326 valence electrons. The first kappa shape index (κ1) is 41.2. The molecule has 4 amide bonds. The van der Waals surface area contributed by atoms with Crippen LogP contribution < -0.4 is 10.6 Å². The zero-order chi connectivity index (χ0) is 43.7. The third-order valence-electron chi connectivity index (χ3n) is 14.0. The lowest BCUT2D eigenvalue weighted by atomic mass is 9.93. The molecule has 62 heavy (non-hydrogen) atoms. The van der Waals surface area contributed by atoms with E-state index in [4.69, 9.17) is 24.4 Å². The standard InChI is InChI=1S/C46H56N10O6/c1-24(2)35(53-43(59)61-6)39(57)55-22-27-14-16-45(55,18-27)41-47-20-33(51-41)30-10-8-29(9-11-30)31-12-13-32(38-37(31)49-26(5)50-38)34-21-48-42(52-34)46-17-15-28(19-46)23-56(46)40(58)36(25(3)4)54-44(60)62-7/h8-13,20-21,24-25,27-28,35-36H,14-19,22-23H2,1-7H3,(H,47,51)(H,48,52)(H,49,50)(H,53,59)(H,54,60)/t27-,28-,35+,36+,45+,46+/m1/s1. The number of carbonyl (C=O) groups excluding carboxylic acids is 4. The van der Waals surface area contributed by atoms with E-state index in [1.54, 1.807) is 0 Å². The van der Waals surface area contributed by atoms with Crippen molar-refractivity contribution in [3.63, 3.8) is 0 Å². The second kappa shape index (κ2) is 15.6. The molecule has 5 aromatic rings. The summed E-state index contributed by atoms with van der Waals surface area (Å²) in [6.07, 6.45) is 7.85. The van der Waals surface area contributed by atoms with E-state index in [9.17, 15) is 19.2 Å². The normalized spacial score (nSPS) is 23.7. The second-order valence-corrected chi connectivity index (χ2v) is 18.4. The summed E-state index contributed by atoms with van der Waals surface area (Å²) in [5.41, 5.74) is 5.90. The number of hydrogen-bond donors (Lipinski definition) is 5. The number of aryl methyl sites for hydroxylation is 1. The van der Waals surface area contributed by atoms with Crippen molar-refractivity contribution in [1.29, 1.82) is 0 Å². The molecule has 4 fully saturated rings. The van der Waals surface area contributed by atoms with Crippen molar-refractivity contribution >= 4 is 35.0 Å². The number of imidazole rings is 3. The average molecular weight is 845 g/mol. The summed E-state index contributed by atoms with van der Waals surface area (Å²) >= 11 is 0. The number of fused-ring (bicyclic) bond motifs is 5. The first-order chi connectivity index (χ1) is 29.7. The molecular formula is C46H56N10O6. The SMILES string of the molecule is COC(=O)N[C@H](C(=O)N1C[C@@H]2CC[C@@]1(c1nc(-c3ccc(-c4ccc(-c5c[nH]c([C@@]67CC[C@@H](CN6C(=O)[C@@H](NC(=O)OC)C(C)C)C7)n5)c5[nH]c(C)nc45)cc3)c[nH]1)C2)C(C)C. The van der Waals surface area contributed by atoms with Crippen LogP contribution in [0.5, 0.6) is 0 Å². The number of rotatable bonds is 11. The molecule has 2 saturated heterocycles. The Balaban J connectivity index is 0.965. The van der Waals surface area contributed by atoms with E-state index >= 15 is 0 Å². The molecule has 3 aromatic heterocycles. The van der Waals surface area contributed by atoms with Gasteiger partial charge in [0.1, 0.15) is 40.6 Å². The number of amides is 4. The zero-order valence-corrected chi connectivity index (χ0v) is 36.4. The summed E-state index contributed by atoms with van der Waals surface area (Å²) in [6, 6.07) is 11.0. The minimum absolute atomic E-state index is 0.112. The van der Waals surface area contributed by atoms with E-state index in [1.165, 1.54) is 14.2 Å². The van der Waals surface area contributed by atoms with Crippen LogP contribution in [0.25, 0.3) is 44.7 Å². The third-order valence-corrected chi connectivity index (χ3v) is 14.0. The number of hydrogen-bond acceptors (Lipinski definition) is 9. The number of ether oxygens (including phenoxy) is 2. The Morgan fingerprint density at radius 3 is 1.68 bits per heavy atom. The van der Waals surface area contributed by atoms with Gasteiger partial charge in [-0.15, -0.1) is 0 Å². The van der Waals surface area contributed by atoms with Gasteiger partial charge in [0, 0.05) is 42.2 Å². The quantitative estimate of drug-likeness (QED) is 0.0953. The first-order valence-corrected chi connectivity index (χ1v) is 21.8. The summed E-state index contributed by atoms with van der Waals surface area (Å²) in [7, 11) is 2.61. The van der Waals surface area contributed by atoms with Crippen molar-refractivity contribution in [2.75, 3.05) is 27.3 Å². The third kappa shape index (κ3) is 6.78. The number of aromatic amines is 3. The van der Waals surface area contributed by atoms with E-state index in [2.05, 4.69) is 62.0 Å². The molecule has 2 aliphatic heterocycles. The van der Waals surface area contributed by atoms with Crippen LogP contribution in [0.3, 0.4) is 0 Å². The molecule has 6 atom stereocenters. The maximum Gasteiger partial charge on any atom is 0.407 e. The van der Waals surface area contributed by atoms with Crippen LogP contribution >= 0.6 is 0 Å². The predicted molar refractivity (Wildman–Crippen MR) is 231 cm³/mol. The van der Waals surface area contributed by atoms with Crippen LogP contribution in [0.1, 0.15) is 83.7 Å². The molecule has 5 heterocycles. The van der Waals surface area contributed by atoms with E-state index in [1.807, 2.05) is 56.8 Å². The number of aromatic nitrogens is 6. The summed E-state index contributed by atoms with van der Waals surface area (Å²) in [5.74, 6) is 2.57. The maximum absolute atomic E-state index is 14.1. The van der Waals surface area contributed by atoms with Gasteiger partial charge in [-0.25, -0.2) is 24.5 Å². The van der Waals surface area contributed by atoms with Gasteiger partial charge in [-0.2, -0.15) is 0 Å². The van der Waals surface area contributed by atoms with E-state index in [0.29, 0.717) is 24.9 Å². The van der Waals surface area contributed by atoms with Gasteiger partial charge in [0.15, 0.2) is 0 Å². The Bertz CT molecular complexity index is 2540. The number of likely N-dealkylation sites (tertiary alicyclic amines) is 2. The highest BCUT2D eigenvalue weighted by molar-refractivity contribution is 6.00. The maximum atomic E-state index is 14.1. The minimum atomic E-state index is -0.712. The summed E-state index contributed by atoms with van der Waals surface area (Å²) in [5, 5.41) is 5.52. The fourth-order valence-corrected chi connectivity index (χ4v) is 10.8. The van der Waals surface area contributed by atoms with Crippen molar-refractivity contribution in [3.05, 3.63) is 66.3 Å². The van der Waals surface area contributed by atoms with Gasteiger partial charge in [0.2, 0.25) is 11.8 Å². The molecule has 4 aliphatic rings. The Labute approximate surface area is 360 Å². The minimum Gasteiger partial charge on any atom is -0.453 e. The monoisotopic (exact) mass is 844 g/mol. The van der Waals surface area contributed by atoms with E-state index < -0.39 is 35.3 Å².